The van der Waals surface area contributed by atoms with Crippen molar-refractivity contribution in [3.63, 3.8) is 0 Å². The van der Waals surface area contributed by atoms with E-state index in [1.54, 1.807) is 12.3 Å². The third-order valence-corrected chi connectivity index (χ3v) is 4.75. The van der Waals surface area contributed by atoms with Gasteiger partial charge in [0.2, 0.25) is 0 Å². The smallest absolute Gasteiger partial charge is 0.303 e. The van der Waals surface area contributed by atoms with Gasteiger partial charge in [0.25, 0.3) is 0 Å². The minimum absolute atomic E-state index is 0.0370. The Morgan fingerprint density at radius 1 is 1.20 bits per heavy atom. The van der Waals surface area contributed by atoms with E-state index < -0.39 is 5.97 Å². The second-order valence-electron chi connectivity index (χ2n) is 7.00. The molecule has 0 fully saturated rings. The summed E-state index contributed by atoms with van der Waals surface area (Å²) in [5, 5.41) is 21.8. The van der Waals surface area contributed by atoms with Crippen molar-refractivity contribution < 1.29 is 14.6 Å². The number of nitrogens with zero attached hydrogens (tertiary/aromatic N) is 2. The Labute approximate surface area is 175 Å². The van der Waals surface area contributed by atoms with Gasteiger partial charge in [0.1, 0.15) is 17.6 Å². The number of nitriles is 1. The molecule has 0 saturated carbocycles. The van der Waals surface area contributed by atoms with Crippen LogP contribution in [0.3, 0.4) is 0 Å². The third kappa shape index (κ3) is 5.15. The molecular formula is C24H23N3O3. The van der Waals surface area contributed by atoms with Gasteiger partial charge in [-0.05, 0) is 54.3 Å². The van der Waals surface area contributed by atoms with Crippen LogP contribution in [0.15, 0.2) is 54.7 Å². The van der Waals surface area contributed by atoms with Crippen LogP contribution in [-0.4, -0.2) is 23.2 Å². The molecule has 0 amide bonds. The number of hydrogen-bond acceptors (Lipinski definition) is 5. The van der Waals surface area contributed by atoms with Gasteiger partial charge in [-0.1, -0.05) is 29.8 Å². The first-order valence-electron chi connectivity index (χ1n) is 9.59. The fourth-order valence-corrected chi connectivity index (χ4v) is 3.29. The monoisotopic (exact) mass is 401 g/mol. The van der Waals surface area contributed by atoms with Gasteiger partial charge in [-0.2, -0.15) is 5.26 Å². The molecule has 0 aliphatic carbocycles. The van der Waals surface area contributed by atoms with E-state index in [1.165, 1.54) is 18.2 Å². The van der Waals surface area contributed by atoms with Crippen molar-refractivity contribution in [2.24, 2.45) is 0 Å². The number of anilines is 1. The standard InChI is InChI=1S/C24H23N3O3/c1-16-4-3-5-17(10-16)14-26-22-8-6-19(15-27-22)20-11-18(7-9-23(28)29)24(30-2)21(12-20)13-25/h3-6,8,10-12,15H,7,9,14H2,1-2H3,(H,26,27)(H,28,29). The zero-order valence-corrected chi connectivity index (χ0v) is 17.0. The van der Waals surface area contributed by atoms with Crippen LogP contribution in [0.4, 0.5) is 5.82 Å². The van der Waals surface area contributed by atoms with Gasteiger partial charge < -0.3 is 15.2 Å². The molecule has 1 heterocycles. The summed E-state index contributed by atoms with van der Waals surface area (Å²) >= 11 is 0. The number of carboxylic acid groups (broad SMARTS) is 1. The summed E-state index contributed by atoms with van der Waals surface area (Å²) in [4.78, 5) is 15.5. The van der Waals surface area contributed by atoms with Gasteiger partial charge in [-0.3, -0.25) is 4.79 Å². The Bertz CT molecular complexity index is 1090. The highest BCUT2D eigenvalue weighted by atomic mass is 16.5. The first kappa shape index (κ1) is 20.9. The molecule has 3 aromatic rings. The highest BCUT2D eigenvalue weighted by Crippen LogP contribution is 2.31. The number of carboxylic acids is 1. The second kappa shape index (κ2) is 9.57. The highest BCUT2D eigenvalue weighted by Gasteiger charge is 2.14. The minimum Gasteiger partial charge on any atom is -0.495 e. The molecule has 0 radical (unpaired) electrons. The number of carbonyl (C=O) groups is 1. The summed E-state index contributed by atoms with van der Waals surface area (Å²) in [6.07, 6.45) is 1.98. The maximum absolute atomic E-state index is 11.0. The number of aromatic nitrogens is 1. The van der Waals surface area contributed by atoms with E-state index in [4.69, 9.17) is 9.84 Å². The molecule has 2 aromatic carbocycles. The topological polar surface area (TPSA) is 95.2 Å². The Kier molecular flexibility index (Phi) is 6.66. The minimum atomic E-state index is -0.897. The van der Waals surface area contributed by atoms with Crippen LogP contribution in [-0.2, 0) is 17.8 Å². The zero-order chi connectivity index (χ0) is 21.5. The third-order valence-electron chi connectivity index (χ3n) is 4.75. The van der Waals surface area contributed by atoms with Crippen molar-refractivity contribution in [1.29, 1.82) is 5.26 Å². The van der Waals surface area contributed by atoms with E-state index in [2.05, 4.69) is 41.5 Å². The summed E-state index contributed by atoms with van der Waals surface area (Å²) < 4.78 is 5.35. The van der Waals surface area contributed by atoms with E-state index in [0.717, 1.165) is 16.9 Å². The quantitative estimate of drug-likeness (QED) is 0.574. The lowest BCUT2D eigenvalue weighted by molar-refractivity contribution is -0.136. The number of nitrogens with one attached hydrogen (secondary N) is 1. The first-order chi connectivity index (χ1) is 14.5. The molecule has 152 valence electrons. The fourth-order valence-electron chi connectivity index (χ4n) is 3.29. The number of ether oxygens (including phenoxy) is 1. The van der Waals surface area contributed by atoms with Crippen LogP contribution < -0.4 is 10.1 Å². The molecule has 1 aromatic heterocycles. The van der Waals surface area contributed by atoms with Gasteiger partial charge in [-0.15, -0.1) is 0 Å². The van der Waals surface area contributed by atoms with Gasteiger partial charge in [0.15, 0.2) is 0 Å². The summed E-state index contributed by atoms with van der Waals surface area (Å²) in [6, 6.07) is 17.8. The van der Waals surface area contributed by atoms with Gasteiger partial charge in [0.05, 0.1) is 12.7 Å². The molecule has 6 nitrogen and oxygen atoms in total. The predicted molar refractivity (Wildman–Crippen MR) is 115 cm³/mol. The Hall–Kier alpha value is -3.85. The number of pyridine rings is 1. The molecule has 0 atom stereocenters. The van der Waals surface area contributed by atoms with Crippen molar-refractivity contribution in [3.05, 3.63) is 77.0 Å². The molecule has 0 spiro atoms. The Morgan fingerprint density at radius 2 is 2.03 bits per heavy atom. The lowest BCUT2D eigenvalue weighted by Gasteiger charge is -2.13. The number of methoxy groups -OCH3 is 1. The summed E-state index contributed by atoms with van der Waals surface area (Å²) in [6.45, 7) is 2.74. The number of aryl methyl sites for hydroxylation is 2. The van der Waals surface area contributed by atoms with Gasteiger partial charge >= 0.3 is 5.97 Å². The lowest BCUT2D eigenvalue weighted by atomic mass is 9.97. The maximum Gasteiger partial charge on any atom is 0.303 e. The molecule has 3 rings (SSSR count). The van der Waals surface area contributed by atoms with E-state index >= 15 is 0 Å². The summed E-state index contributed by atoms with van der Waals surface area (Å²) in [5.74, 6) is 0.277. The molecule has 0 aliphatic heterocycles. The largest absolute Gasteiger partial charge is 0.495 e. The molecule has 2 N–H and O–H groups in total. The first-order valence-corrected chi connectivity index (χ1v) is 9.59. The van der Waals surface area contributed by atoms with Crippen molar-refractivity contribution >= 4 is 11.8 Å². The average molecular weight is 401 g/mol. The number of aliphatic carboxylic acids is 1. The fraction of sp³-hybridized carbons (Fsp3) is 0.208. The van der Waals surface area contributed by atoms with E-state index in [1.807, 2.05) is 24.3 Å². The van der Waals surface area contributed by atoms with Crippen LogP contribution in [0, 0.1) is 18.3 Å². The van der Waals surface area contributed by atoms with Crippen LogP contribution >= 0.6 is 0 Å². The molecule has 30 heavy (non-hydrogen) atoms. The van der Waals surface area contributed by atoms with Crippen LogP contribution in [0.5, 0.6) is 5.75 Å². The van der Waals surface area contributed by atoms with E-state index in [0.29, 0.717) is 23.4 Å². The maximum atomic E-state index is 11.0. The Balaban J connectivity index is 1.81. The zero-order valence-electron chi connectivity index (χ0n) is 17.0. The second-order valence-corrected chi connectivity index (χ2v) is 7.00. The molecule has 6 heteroatoms. The van der Waals surface area contributed by atoms with E-state index in [9.17, 15) is 10.1 Å². The van der Waals surface area contributed by atoms with Crippen molar-refractivity contribution in [2.75, 3.05) is 12.4 Å². The SMILES string of the molecule is COc1c(C#N)cc(-c2ccc(NCc3cccc(C)c3)nc2)cc1CCC(=O)O. The average Bonchev–Trinajstić information content (AvgIpc) is 2.76. The molecule has 0 aliphatic rings. The summed E-state index contributed by atoms with van der Waals surface area (Å²) in [7, 11) is 1.48. The van der Waals surface area contributed by atoms with Crippen molar-refractivity contribution in [2.45, 2.75) is 26.3 Å². The van der Waals surface area contributed by atoms with Crippen molar-refractivity contribution in [1.82, 2.24) is 4.98 Å². The highest BCUT2D eigenvalue weighted by molar-refractivity contribution is 5.71. The number of rotatable bonds is 8. The predicted octanol–water partition coefficient (Wildman–Crippen LogP) is 4.57. The normalized spacial score (nSPS) is 10.3. The van der Waals surface area contributed by atoms with Gasteiger partial charge in [-0.25, -0.2) is 4.98 Å². The van der Waals surface area contributed by atoms with E-state index in [-0.39, 0.29) is 12.8 Å². The van der Waals surface area contributed by atoms with Crippen molar-refractivity contribution in [3.8, 4) is 22.9 Å². The van der Waals surface area contributed by atoms with Gasteiger partial charge in [0, 0.05) is 24.7 Å². The molecule has 0 saturated heterocycles. The van der Waals surface area contributed by atoms with Crippen LogP contribution in [0.1, 0.15) is 28.7 Å². The molecule has 0 unspecified atom stereocenters. The molecular weight excluding hydrogens is 378 g/mol. The van der Waals surface area contributed by atoms with Crippen LogP contribution in [0.25, 0.3) is 11.1 Å². The lowest BCUT2D eigenvalue weighted by Crippen LogP contribution is -2.02. The van der Waals surface area contributed by atoms with Crippen LogP contribution in [0.2, 0.25) is 0 Å². The molecule has 0 bridgehead atoms. The number of hydrogen-bond donors (Lipinski definition) is 2. The summed E-state index contributed by atoms with van der Waals surface area (Å²) in [5.41, 5.74) is 5.09. The Morgan fingerprint density at radius 3 is 2.67 bits per heavy atom. The number of benzene rings is 2.